The monoisotopic (exact) mass is 168 g/mol. The fourth-order valence-corrected chi connectivity index (χ4v) is 1.98. The van der Waals surface area contributed by atoms with Gasteiger partial charge in [-0.2, -0.15) is 0 Å². The van der Waals surface area contributed by atoms with Crippen LogP contribution in [0.25, 0.3) is 0 Å². The molecule has 1 N–H and O–H groups in total. The summed E-state index contributed by atoms with van der Waals surface area (Å²) in [6.45, 7) is 5.98. The van der Waals surface area contributed by atoms with Crippen LogP contribution in [0, 0.1) is 5.92 Å². The lowest BCUT2D eigenvalue weighted by Crippen LogP contribution is -2.19. The first-order chi connectivity index (χ1) is 5.68. The molecule has 0 aromatic rings. The van der Waals surface area contributed by atoms with Crippen molar-refractivity contribution in [3.8, 4) is 0 Å². The maximum atomic E-state index is 9.42. The van der Waals surface area contributed by atoms with E-state index in [1.165, 1.54) is 24.8 Å². The Labute approximate surface area is 75.5 Å². The van der Waals surface area contributed by atoms with Crippen LogP contribution in [0.5, 0.6) is 0 Å². The minimum atomic E-state index is -0.0196. The highest BCUT2D eigenvalue weighted by Crippen LogP contribution is 2.28. The third kappa shape index (κ3) is 3.40. The molecule has 2 atom stereocenters. The molecule has 70 valence electrons. The molecule has 1 heteroatoms. The second kappa shape index (κ2) is 4.66. The molecule has 0 bridgehead atoms. The quantitative estimate of drug-likeness (QED) is 0.642. The number of hydrogen-bond donors (Lipinski definition) is 1. The lowest BCUT2D eigenvalue weighted by Gasteiger charge is -2.25. The molecule has 0 spiro atoms. The van der Waals surface area contributed by atoms with E-state index in [0.29, 0.717) is 0 Å². The van der Waals surface area contributed by atoms with Crippen LogP contribution in [0.15, 0.2) is 12.2 Å². The van der Waals surface area contributed by atoms with Gasteiger partial charge in [-0.1, -0.05) is 18.4 Å². The molecular formula is C11H20O. The largest absolute Gasteiger partial charge is 0.393 e. The van der Waals surface area contributed by atoms with Crippen LogP contribution < -0.4 is 0 Å². The van der Waals surface area contributed by atoms with Crippen LogP contribution in [-0.2, 0) is 0 Å². The third-order valence-corrected chi connectivity index (χ3v) is 2.73. The molecule has 1 rings (SSSR count). The normalized spacial score (nSPS) is 30.2. The van der Waals surface area contributed by atoms with Crippen molar-refractivity contribution in [2.45, 2.75) is 51.6 Å². The Balaban J connectivity index is 2.18. The van der Waals surface area contributed by atoms with Crippen molar-refractivity contribution in [2.75, 3.05) is 0 Å². The first-order valence-corrected chi connectivity index (χ1v) is 5.01. The SMILES string of the molecule is C=C(C)CCC1CCCC(O)C1. The van der Waals surface area contributed by atoms with Crippen LogP contribution >= 0.6 is 0 Å². The van der Waals surface area contributed by atoms with Gasteiger partial charge in [0.15, 0.2) is 0 Å². The third-order valence-electron chi connectivity index (χ3n) is 2.73. The molecule has 1 nitrogen and oxygen atoms in total. The van der Waals surface area contributed by atoms with E-state index in [4.69, 9.17) is 0 Å². The highest BCUT2D eigenvalue weighted by molar-refractivity contribution is 4.88. The first kappa shape index (κ1) is 9.79. The molecular weight excluding hydrogens is 148 g/mol. The summed E-state index contributed by atoms with van der Waals surface area (Å²) in [5.74, 6) is 0.755. The van der Waals surface area contributed by atoms with E-state index in [1.54, 1.807) is 0 Å². The number of rotatable bonds is 3. The fourth-order valence-electron chi connectivity index (χ4n) is 1.98. The van der Waals surface area contributed by atoms with E-state index in [2.05, 4.69) is 13.5 Å². The smallest absolute Gasteiger partial charge is 0.0542 e. The molecule has 2 unspecified atom stereocenters. The number of aliphatic hydroxyl groups is 1. The average molecular weight is 168 g/mol. The summed E-state index contributed by atoms with van der Waals surface area (Å²) in [4.78, 5) is 0. The van der Waals surface area contributed by atoms with Gasteiger partial charge in [0, 0.05) is 0 Å². The van der Waals surface area contributed by atoms with Crippen molar-refractivity contribution in [3.63, 3.8) is 0 Å². The summed E-state index contributed by atoms with van der Waals surface area (Å²) in [7, 11) is 0. The van der Waals surface area contributed by atoms with Crippen LogP contribution in [0.1, 0.15) is 45.4 Å². The Morgan fingerprint density at radius 1 is 1.50 bits per heavy atom. The number of allylic oxidation sites excluding steroid dienone is 1. The highest BCUT2D eigenvalue weighted by atomic mass is 16.3. The Kier molecular flexibility index (Phi) is 3.80. The maximum Gasteiger partial charge on any atom is 0.0542 e. The van der Waals surface area contributed by atoms with Crippen LogP contribution in [0.3, 0.4) is 0 Å². The summed E-state index contributed by atoms with van der Waals surface area (Å²) < 4.78 is 0. The lowest BCUT2D eigenvalue weighted by molar-refractivity contribution is 0.0984. The van der Waals surface area contributed by atoms with E-state index in [1.807, 2.05) is 0 Å². The Bertz CT molecular complexity index is 151. The Hall–Kier alpha value is -0.300. The molecule has 1 saturated carbocycles. The standard InChI is InChI=1S/C11H20O/c1-9(2)6-7-10-4-3-5-11(12)8-10/h10-12H,1,3-8H2,2H3. The summed E-state index contributed by atoms with van der Waals surface area (Å²) in [5.41, 5.74) is 1.27. The molecule has 0 saturated heterocycles. The molecule has 1 aliphatic rings. The van der Waals surface area contributed by atoms with Gasteiger partial charge in [-0.25, -0.2) is 0 Å². The first-order valence-electron chi connectivity index (χ1n) is 5.01. The zero-order valence-corrected chi connectivity index (χ0v) is 8.05. The molecule has 0 heterocycles. The molecule has 0 radical (unpaired) electrons. The molecule has 0 aliphatic heterocycles. The summed E-state index contributed by atoms with van der Waals surface area (Å²) in [6, 6.07) is 0. The van der Waals surface area contributed by atoms with Crippen molar-refractivity contribution < 1.29 is 5.11 Å². The van der Waals surface area contributed by atoms with Crippen molar-refractivity contribution in [3.05, 3.63) is 12.2 Å². The van der Waals surface area contributed by atoms with E-state index in [9.17, 15) is 5.11 Å². The van der Waals surface area contributed by atoms with E-state index in [0.717, 1.165) is 25.2 Å². The zero-order chi connectivity index (χ0) is 8.97. The summed E-state index contributed by atoms with van der Waals surface area (Å²) in [5, 5.41) is 9.42. The molecule has 1 fully saturated rings. The van der Waals surface area contributed by atoms with Gasteiger partial charge in [0.25, 0.3) is 0 Å². The van der Waals surface area contributed by atoms with Gasteiger partial charge in [0.05, 0.1) is 6.10 Å². The van der Waals surface area contributed by atoms with Crippen molar-refractivity contribution in [1.82, 2.24) is 0 Å². The van der Waals surface area contributed by atoms with Gasteiger partial charge in [-0.15, -0.1) is 6.58 Å². The number of aliphatic hydroxyl groups excluding tert-OH is 1. The van der Waals surface area contributed by atoms with Gasteiger partial charge in [-0.3, -0.25) is 0 Å². The van der Waals surface area contributed by atoms with E-state index >= 15 is 0 Å². The lowest BCUT2D eigenvalue weighted by atomic mass is 9.84. The van der Waals surface area contributed by atoms with Gasteiger partial charge in [0.1, 0.15) is 0 Å². The van der Waals surface area contributed by atoms with Crippen LogP contribution in [0.2, 0.25) is 0 Å². The second-order valence-corrected chi connectivity index (χ2v) is 4.18. The summed E-state index contributed by atoms with van der Waals surface area (Å²) in [6.07, 6.45) is 6.90. The predicted molar refractivity (Wildman–Crippen MR) is 52.0 cm³/mol. The maximum absolute atomic E-state index is 9.42. The number of hydrogen-bond acceptors (Lipinski definition) is 1. The van der Waals surface area contributed by atoms with E-state index in [-0.39, 0.29) is 6.10 Å². The van der Waals surface area contributed by atoms with Crippen molar-refractivity contribution >= 4 is 0 Å². The minimum Gasteiger partial charge on any atom is -0.393 e. The van der Waals surface area contributed by atoms with Crippen LogP contribution in [-0.4, -0.2) is 11.2 Å². The Morgan fingerprint density at radius 2 is 2.25 bits per heavy atom. The van der Waals surface area contributed by atoms with Crippen molar-refractivity contribution in [1.29, 1.82) is 0 Å². The molecule has 1 aliphatic carbocycles. The van der Waals surface area contributed by atoms with Gasteiger partial charge in [-0.05, 0) is 38.5 Å². The fraction of sp³-hybridized carbons (Fsp3) is 0.818. The minimum absolute atomic E-state index is 0.0196. The van der Waals surface area contributed by atoms with Gasteiger partial charge >= 0.3 is 0 Å². The summed E-state index contributed by atoms with van der Waals surface area (Å²) >= 11 is 0. The topological polar surface area (TPSA) is 20.2 Å². The second-order valence-electron chi connectivity index (χ2n) is 4.18. The average Bonchev–Trinajstić information content (AvgIpc) is 2.01. The van der Waals surface area contributed by atoms with Crippen LogP contribution in [0.4, 0.5) is 0 Å². The molecule has 0 aromatic carbocycles. The molecule has 0 amide bonds. The highest BCUT2D eigenvalue weighted by Gasteiger charge is 2.19. The van der Waals surface area contributed by atoms with Gasteiger partial charge in [0.2, 0.25) is 0 Å². The van der Waals surface area contributed by atoms with E-state index < -0.39 is 0 Å². The van der Waals surface area contributed by atoms with Crippen molar-refractivity contribution in [2.24, 2.45) is 5.92 Å². The van der Waals surface area contributed by atoms with Gasteiger partial charge < -0.3 is 5.11 Å². The zero-order valence-electron chi connectivity index (χ0n) is 8.05. The molecule has 0 aromatic heterocycles. The Morgan fingerprint density at radius 3 is 2.83 bits per heavy atom. The predicted octanol–water partition coefficient (Wildman–Crippen LogP) is 2.89. The molecule has 12 heavy (non-hydrogen) atoms.